The van der Waals surface area contributed by atoms with E-state index in [1.165, 1.54) is 0 Å². The van der Waals surface area contributed by atoms with Gasteiger partial charge in [-0.25, -0.2) is 9.59 Å². The zero-order valence-electron chi connectivity index (χ0n) is 15.2. The van der Waals surface area contributed by atoms with Crippen LogP contribution in [0.3, 0.4) is 0 Å². The monoisotopic (exact) mass is 371 g/mol. The average molecular weight is 371 g/mol. The number of nitrogens with one attached hydrogen (secondary N) is 3. The van der Waals surface area contributed by atoms with Gasteiger partial charge in [-0.05, 0) is 42.7 Å². The van der Waals surface area contributed by atoms with E-state index in [1.54, 1.807) is 48.8 Å². The molecule has 1 unspecified atom stereocenters. The number of carboxylic acid groups (broad SMARTS) is 1. The van der Waals surface area contributed by atoms with E-state index in [1.807, 2.05) is 6.92 Å². The Hall–Kier alpha value is -2.97. The molecule has 0 saturated carbocycles. The van der Waals surface area contributed by atoms with E-state index in [-0.39, 0.29) is 6.03 Å². The van der Waals surface area contributed by atoms with Crippen molar-refractivity contribution in [3.63, 3.8) is 0 Å². The molecule has 1 aromatic heterocycles. The van der Waals surface area contributed by atoms with E-state index >= 15 is 0 Å². The molecule has 0 aliphatic carbocycles. The molecule has 0 aliphatic heterocycles. The van der Waals surface area contributed by atoms with E-state index in [0.29, 0.717) is 24.3 Å². The van der Waals surface area contributed by atoms with Gasteiger partial charge in [0.25, 0.3) is 0 Å². The summed E-state index contributed by atoms with van der Waals surface area (Å²) in [5.41, 5.74) is 6.64. The van der Waals surface area contributed by atoms with Crippen molar-refractivity contribution in [3.8, 4) is 0 Å². The van der Waals surface area contributed by atoms with Gasteiger partial charge in [-0.15, -0.1) is 0 Å². The number of nitrogens with two attached hydrogens (primary N) is 1. The highest BCUT2D eigenvalue weighted by Crippen LogP contribution is 2.13. The summed E-state index contributed by atoms with van der Waals surface area (Å²) in [5, 5.41) is 17.7. The fraction of sp³-hybridized carbons (Fsp3) is 0.316. The molecule has 1 atom stereocenters. The number of carboxylic acids is 1. The standard InChI is InChI=1S/C19H25N5O3/c1-2-3-10-19(20,17(25)26)22-13-14-4-6-15(7-5-14)23-18(27)24-16-8-11-21-12-9-16/h4-9,11-12,22H,2-3,10,13,20H2,1H3,(H,25,26)(H2,21,23,24,27). The van der Waals surface area contributed by atoms with Crippen LogP contribution < -0.4 is 21.7 Å². The fourth-order valence-corrected chi connectivity index (χ4v) is 2.42. The van der Waals surface area contributed by atoms with Gasteiger partial charge in [0, 0.05) is 30.3 Å². The van der Waals surface area contributed by atoms with Crippen molar-refractivity contribution >= 4 is 23.4 Å². The van der Waals surface area contributed by atoms with Crippen molar-refractivity contribution in [1.29, 1.82) is 0 Å². The van der Waals surface area contributed by atoms with Crippen LogP contribution in [-0.2, 0) is 11.3 Å². The molecule has 27 heavy (non-hydrogen) atoms. The Balaban J connectivity index is 1.89. The summed E-state index contributed by atoms with van der Waals surface area (Å²) >= 11 is 0. The molecule has 0 saturated heterocycles. The maximum absolute atomic E-state index is 12.0. The van der Waals surface area contributed by atoms with Crippen molar-refractivity contribution < 1.29 is 14.7 Å². The second kappa shape index (κ2) is 9.65. The highest BCUT2D eigenvalue weighted by atomic mass is 16.4. The van der Waals surface area contributed by atoms with E-state index < -0.39 is 11.6 Å². The van der Waals surface area contributed by atoms with E-state index in [4.69, 9.17) is 5.73 Å². The Morgan fingerprint density at radius 3 is 2.22 bits per heavy atom. The maximum atomic E-state index is 12.0. The molecule has 6 N–H and O–H groups in total. The lowest BCUT2D eigenvalue weighted by atomic mass is 10.0. The smallest absolute Gasteiger partial charge is 0.338 e. The fourth-order valence-electron chi connectivity index (χ4n) is 2.42. The van der Waals surface area contributed by atoms with Crippen LogP contribution in [0, 0.1) is 0 Å². The molecule has 2 amide bonds. The second-order valence-electron chi connectivity index (χ2n) is 6.25. The summed E-state index contributed by atoms with van der Waals surface area (Å²) in [6, 6.07) is 10.1. The van der Waals surface area contributed by atoms with Crippen LogP contribution in [0.1, 0.15) is 31.7 Å². The van der Waals surface area contributed by atoms with Crippen molar-refractivity contribution in [2.45, 2.75) is 38.4 Å². The summed E-state index contributed by atoms with van der Waals surface area (Å²) in [4.78, 5) is 27.3. The molecule has 0 radical (unpaired) electrons. The van der Waals surface area contributed by atoms with Gasteiger partial charge in [0.2, 0.25) is 0 Å². The number of aromatic nitrogens is 1. The van der Waals surface area contributed by atoms with Crippen molar-refractivity contribution in [3.05, 3.63) is 54.4 Å². The number of urea groups is 1. The molecular formula is C19H25N5O3. The molecule has 0 spiro atoms. The molecule has 2 rings (SSSR count). The van der Waals surface area contributed by atoms with Gasteiger partial charge in [0.15, 0.2) is 5.66 Å². The third kappa shape index (κ3) is 6.36. The lowest BCUT2D eigenvalue weighted by Gasteiger charge is -2.26. The van der Waals surface area contributed by atoms with Crippen molar-refractivity contribution in [2.75, 3.05) is 10.6 Å². The molecule has 8 heteroatoms. The van der Waals surface area contributed by atoms with Crippen LogP contribution in [0.5, 0.6) is 0 Å². The molecule has 1 aromatic carbocycles. The third-order valence-electron chi connectivity index (χ3n) is 4.06. The number of hydrogen-bond acceptors (Lipinski definition) is 5. The first-order valence-electron chi connectivity index (χ1n) is 8.77. The molecule has 8 nitrogen and oxygen atoms in total. The van der Waals surface area contributed by atoms with Gasteiger partial charge in [-0.1, -0.05) is 25.5 Å². The number of nitrogens with zero attached hydrogens (tertiary/aromatic N) is 1. The number of carbonyl (C=O) groups is 2. The summed E-state index contributed by atoms with van der Waals surface area (Å²) in [5.74, 6) is -1.07. The van der Waals surface area contributed by atoms with Crippen LogP contribution in [0.2, 0.25) is 0 Å². The number of unbranched alkanes of at least 4 members (excludes halogenated alkanes) is 1. The number of anilines is 2. The zero-order valence-corrected chi connectivity index (χ0v) is 15.2. The quantitative estimate of drug-likeness (QED) is 0.431. The molecule has 0 fully saturated rings. The van der Waals surface area contributed by atoms with Crippen LogP contribution in [0.25, 0.3) is 0 Å². The van der Waals surface area contributed by atoms with Gasteiger partial charge in [0.1, 0.15) is 0 Å². The average Bonchev–Trinajstić information content (AvgIpc) is 2.66. The van der Waals surface area contributed by atoms with Crippen molar-refractivity contribution in [1.82, 2.24) is 10.3 Å². The SMILES string of the molecule is CCCCC(N)(NCc1ccc(NC(=O)Nc2ccncc2)cc1)C(=O)O. The number of hydrogen-bond donors (Lipinski definition) is 5. The first-order chi connectivity index (χ1) is 12.9. The molecule has 144 valence electrons. The van der Waals surface area contributed by atoms with E-state index in [9.17, 15) is 14.7 Å². The lowest BCUT2D eigenvalue weighted by Crippen LogP contribution is -2.59. The minimum atomic E-state index is -1.45. The number of amides is 2. The Morgan fingerprint density at radius 2 is 1.67 bits per heavy atom. The minimum Gasteiger partial charge on any atom is -0.479 e. The largest absolute Gasteiger partial charge is 0.479 e. The Bertz CT molecular complexity index is 752. The Morgan fingerprint density at radius 1 is 1.07 bits per heavy atom. The first-order valence-corrected chi connectivity index (χ1v) is 8.77. The number of carbonyl (C=O) groups excluding carboxylic acids is 1. The van der Waals surface area contributed by atoms with Crippen LogP contribution in [-0.4, -0.2) is 27.8 Å². The number of pyridine rings is 1. The van der Waals surface area contributed by atoms with Gasteiger partial charge in [-0.2, -0.15) is 0 Å². The normalized spacial score (nSPS) is 12.8. The van der Waals surface area contributed by atoms with E-state index in [0.717, 1.165) is 18.4 Å². The number of benzene rings is 1. The molecular weight excluding hydrogens is 346 g/mol. The van der Waals surface area contributed by atoms with Crippen molar-refractivity contribution in [2.24, 2.45) is 5.73 Å². The second-order valence-corrected chi connectivity index (χ2v) is 6.25. The summed E-state index contributed by atoms with van der Waals surface area (Å²) in [7, 11) is 0. The van der Waals surface area contributed by atoms with Gasteiger partial charge >= 0.3 is 12.0 Å². The van der Waals surface area contributed by atoms with E-state index in [2.05, 4.69) is 20.9 Å². The number of rotatable bonds is 9. The highest BCUT2D eigenvalue weighted by molar-refractivity contribution is 5.99. The Labute approximate surface area is 158 Å². The molecule has 1 heterocycles. The van der Waals surface area contributed by atoms with Gasteiger partial charge < -0.3 is 21.5 Å². The summed E-state index contributed by atoms with van der Waals surface area (Å²) < 4.78 is 0. The lowest BCUT2D eigenvalue weighted by molar-refractivity contribution is -0.145. The summed E-state index contributed by atoms with van der Waals surface area (Å²) in [6.45, 7) is 2.30. The van der Waals surface area contributed by atoms with Crippen LogP contribution >= 0.6 is 0 Å². The number of aliphatic carboxylic acids is 1. The predicted octanol–water partition coefficient (Wildman–Crippen LogP) is 2.75. The van der Waals surface area contributed by atoms with Crippen LogP contribution in [0.15, 0.2) is 48.8 Å². The van der Waals surface area contributed by atoms with Crippen LogP contribution in [0.4, 0.5) is 16.2 Å². The highest BCUT2D eigenvalue weighted by Gasteiger charge is 2.32. The third-order valence-corrected chi connectivity index (χ3v) is 4.06. The topological polar surface area (TPSA) is 129 Å². The maximum Gasteiger partial charge on any atom is 0.338 e. The molecule has 0 aliphatic rings. The summed E-state index contributed by atoms with van der Waals surface area (Å²) in [6.07, 6.45) is 5.13. The zero-order chi connectivity index (χ0) is 19.7. The first kappa shape index (κ1) is 20.3. The van der Waals surface area contributed by atoms with Gasteiger partial charge in [-0.3, -0.25) is 10.3 Å². The Kier molecular flexibility index (Phi) is 7.27. The molecule has 0 bridgehead atoms. The molecule has 2 aromatic rings. The van der Waals surface area contributed by atoms with Gasteiger partial charge in [0.05, 0.1) is 0 Å². The predicted molar refractivity (Wildman–Crippen MR) is 104 cm³/mol. The minimum absolute atomic E-state index is 0.315.